The molecular formula is C15H22N4. The number of pyridine rings is 1. The third-order valence-electron chi connectivity index (χ3n) is 3.42. The van der Waals surface area contributed by atoms with Crippen LogP contribution in [0, 0.1) is 13.8 Å². The molecule has 4 nitrogen and oxygen atoms in total. The number of aromatic nitrogens is 3. The normalized spacial score (nSPS) is 11.0. The second-order valence-corrected chi connectivity index (χ2v) is 4.83. The lowest BCUT2D eigenvalue weighted by molar-refractivity contribution is 0.753. The van der Waals surface area contributed by atoms with Crippen LogP contribution in [-0.2, 0) is 19.4 Å². The number of aryl methyl sites for hydroxylation is 4. The maximum Gasteiger partial charge on any atom is 0.158 e. The molecule has 0 aliphatic carbocycles. The van der Waals surface area contributed by atoms with Crippen LogP contribution < -0.4 is 5.73 Å². The largest absolute Gasteiger partial charge is 0.326 e. The monoisotopic (exact) mass is 258 g/mol. The van der Waals surface area contributed by atoms with Gasteiger partial charge in [0, 0.05) is 23.5 Å². The molecule has 0 aromatic carbocycles. The molecule has 19 heavy (non-hydrogen) atoms. The maximum absolute atomic E-state index is 5.89. The van der Waals surface area contributed by atoms with E-state index in [1.54, 1.807) is 0 Å². The molecule has 102 valence electrons. The standard InChI is InChI=1S/C15H22N4/c1-5-12-8-13(6-2)19(18-12)15-14(9-16)10(3)7-11(4)17-15/h7-8H,5-6,9,16H2,1-4H3. The van der Waals surface area contributed by atoms with Gasteiger partial charge in [-0.25, -0.2) is 9.67 Å². The van der Waals surface area contributed by atoms with Gasteiger partial charge in [-0.1, -0.05) is 13.8 Å². The van der Waals surface area contributed by atoms with Crippen LogP contribution in [0.5, 0.6) is 0 Å². The van der Waals surface area contributed by atoms with Gasteiger partial charge in [0.05, 0.1) is 5.69 Å². The van der Waals surface area contributed by atoms with Gasteiger partial charge in [-0.05, 0) is 44.4 Å². The van der Waals surface area contributed by atoms with Gasteiger partial charge < -0.3 is 5.73 Å². The highest BCUT2D eigenvalue weighted by Gasteiger charge is 2.14. The molecule has 4 heteroatoms. The Hall–Kier alpha value is -1.68. The average Bonchev–Trinajstić information content (AvgIpc) is 2.81. The van der Waals surface area contributed by atoms with Gasteiger partial charge in [0.2, 0.25) is 0 Å². The third-order valence-corrected chi connectivity index (χ3v) is 3.42. The van der Waals surface area contributed by atoms with Gasteiger partial charge in [-0.2, -0.15) is 5.10 Å². The van der Waals surface area contributed by atoms with Gasteiger partial charge in [0.1, 0.15) is 0 Å². The summed E-state index contributed by atoms with van der Waals surface area (Å²) in [5, 5.41) is 4.66. The number of nitrogens with zero attached hydrogens (tertiary/aromatic N) is 3. The summed E-state index contributed by atoms with van der Waals surface area (Å²) < 4.78 is 1.96. The molecule has 0 amide bonds. The van der Waals surface area contributed by atoms with Crippen LogP contribution in [-0.4, -0.2) is 14.8 Å². The Balaban J connectivity index is 2.66. The lowest BCUT2D eigenvalue weighted by atomic mass is 10.1. The molecule has 2 heterocycles. The predicted molar refractivity (Wildman–Crippen MR) is 77.5 cm³/mol. The number of hydrogen-bond acceptors (Lipinski definition) is 3. The Morgan fingerprint density at radius 1 is 1.16 bits per heavy atom. The molecule has 0 atom stereocenters. The highest BCUT2D eigenvalue weighted by Crippen LogP contribution is 2.20. The van der Waals surface area contributed by atoms with Crippen molar-refractivity contribution in [2.75, 3.05) is 0 Å². The van der Waals surface area contributed by atoms with E-state index in [-0.39, 0.29) is 0 Å². The molecular weight excluding hydrogens is 236 g/mol. The van der Waals surface area contributed by atoms with E-state index >= 15 is 0 Å². The fraction of sp³-hybridized carbons (Fsp3) is 0.467. The van der Waals surface area contributed by atoms with E-state index in [0.717, 1.165) is 35.6 Å². The van der Waals surface area contributed by atoms with Crippen LogP contribution in [0.4, 0.5) is 0 Å². The summed E-state index contributed by atoms with van der Waals surface area (Å²) in [6.07, 6.45) is 1.87. The van der Waals surface area contributed by atoms with Crippen molar-refractivity contribution in [1.29, 1.82) is 0 Å². The van der Waals surface area contributed by atoms with Crippen molar-refractivity contribution in [1.82, 2.24) is 14.8 Å². The molecule has 0 saturated heterocycles. The summed E-state index contributed by atoms with van der Waals surface area (Å²) in [4.78, 5) is 4.65. The lowest BCUT2D eigenvalue weighted by Crippen LogP contribution is -2.13. The fourth-order valence-electron chi connectivity index (χ4n) is 2.35. The van der Waals surface area contributed by atoms with Gasteiger partial charge in [-0.15, -0.1) is 0 Å². The van der Waals surface area contributed by atoms with E-state index in [1.165, 1.54) is 11.3 Å². The summed E-state index contributed by atoms with van der Waals surface area (Å²) >= 11 is 0. The number of rotatable bonds is 4. The predicted octanol–water partition coefficient (Wildman–Crippen LogP) is 2.47. The first-order chi connectivity index (χ1) is 9.10. The Morgan fingerprint density at radius 3 is 2.47 bits per heavy atom. The van der Waals surface area contributed by atoms with E-state index in [2.05, 4.69) is 43.0 Å². The minimum atomic E-state index is 0.485. The van der Waals surface area contributed by atoms with E-state index in [9.17, 15) is 0 Å². The highest BCUT2D eigenvalue weighted by atomic mass is 15.3. The van der Waals surface area contributed by atoms with Crippen LogP contribution >= 0.6 is 0 Å². The molecule has 0 fully saturated rings. The van der Waals surface area contributed by atoms with Crippen LogP contribution in [0.1, 0.15) is 42.1 Å². The Bertz CT molecular complexity index is 584. The van der Waals surface area contributed by atoms with E-state index in [4.69, 9.17) is 5.73 Å². The first kappa shape index (κ1) is 13.7. The van der Waals surface area contributed by atoms with E-state index in [0.29, 0.717) is 6.54 Å². The van der Waals surface area contributed by atoms with Crippen molar-refractivity contribution in [2.24, 2.45) is 5.73 Å². The topological polar surface area (TPSA) is 56.7 Å². The lowest BCUT2D eigenvalue weighted by Gasteiger charge is -2.13. The number of nitrogens with two attached hydrogens (primary N) is 1. The average molecular weight is 258 g/mol. The molecule has 0 saturated carbocycles. The Kier molecular flexibility index (Phi) is 4.00. The van der Waals surface area contributed by atoms with E-state index in [1.807, 2.05) is 11.6 Å². The first-order valence-electron chi connectivity index (χ1n) is 6.86. The van der Waals surface area contributed by atoms with Crippen molar-refractivity contribution in [3.05, 3.63) is 40.3 Å². The zero-order chi connectivity index (χ0) is 14.0. The molecule has 2 rings (SSSR count). The summed E-state index contributed by atoms with van der Waals surface area (Å²) in [5.74, 6) is 0.886. The SMILES string of the molecule is CCc1cc(CC)n(-c2nc(C)cc(C)c2CN)n1. The zero-order valence-corrected chi connectivity index (χ0v) is 12.2. The van der Waals surface area contributed by atoms with Crippen molar-refractivity contribution in [3.63, 3.8) is 0 Å². The van der Waals surface area contributed by atoms with Crippen molar-refractivity contribution < 1.29 is 0 Å². The Morgan fingerprint density at radius 2 is 1.89 bits per heavy atom. The van der Waals surface area contributed by atoms with Gasteiger partial charge in [-0.3, -0.25) is 0 Å². The molecule has 0 aliphatic rings. The summed E-state index contributed by atoms with van der Waals surface area (Å²) in [6, 6.07) is 4.22. The van der Waals surface area contributed by atoms with E-state index < -0.39 is 0 Å². The second kappa shape index (κ2) is 5.53. The summed E-state index contributed by atoms with van der Waals surface area (Å²) in [7, 11) is 0. The molecule has 2 N–H and O–H groups in total. The third kappa shape index (κ3) is 2.54. The minimum Gasteiger partial charge on any atom is -0.326 e. The van der Waals surface area contributed by atoms with Crippen molar-refractivity contribution in [2.45, 2.75) is 47.1 Å². The smallest absolute Gasteiger partial charge is 0.158 e. The number of hydrogen-bond donors (Lipinski definition) is 1. The zero-order valence-electron chi connectivity index (χ0n) is 12.2. The quantitative estimate of drug-likeness (QED) is 0.916. The molecule has 2 aromatic rings. The van der Waals surface area contributed by atoms with Gasteiger partial charge in [0.15, 0.2) is 5.82 Å². The molecule has 2 aromatic heterocycles. The molecule has 0 bridgehead atoms. The molecule has 0 spiro atoms. The van der Waals surface area contributed by atoms with Crippen molar-refractivity contribution >= 4 is 0 Å². The Labute approximate surface area is 114 Å². The maximum atomic E-state index is 5.89. The molecule has 0 aliphatic heterocycles. The molecule has 0 unspecified atom stereocenters. The summed E-state index contributed by atoms with van der Waals surface area (Å²) in [5.41, 5.74) is 11.4. The van der Waals surface area contributed by atoms with Crippen LogP contribution in [0.15, 0.2) is 12.1 Å². The van der Waals surface area contributed by atoms with Crippen LogP contribution in [0.2, 0.25) is 0 Å². The van der Waals surface area contributed by atoms with Crippen LogP contribution in [0.25, 0.3) is 5.82 Å². The van der Waals surface area contributed by atoms with Crippen molar-refractivity contribution in [3.8, 4) is 5.82 Å². The summed E-state index contributed by atoms with van der Waals surface area (Å²) in [6.45, 7) is 8.82. The molecule has 0 radical (unpaired) electrons. The minimum absolute atomic E-state index is 0.485. The van der Waals surface area contributed by atoms with Gasteiger partial charge in [0.25, 0.3) is 0 Å². The first-order valence-corrected chi connectivity index (χ1v) is 6.86. The van der Waals surface area contributed by atoms with Gasteiger partial charge >= 0.3 is 0 Å². The highest BCUT2D eigenvalue weighted by molar-refractivity contribution is 5.42. The van der Waals surface area contributed by atoms with Crippen LogP contribution in [0.3, 0.4) is 0 Å². The second-order valence-electron chi connectivity index (χ2n) is 4.83. The fourth-order valence-corrected chi connectivity index (χ4v) is 2.35.